The van der Waals surface area contributed by atoms with Gasteiger partial charge in [0.25, 0.3) is 0 Å². The number of nitrogens with two attached hydrogens (primary N) is 1. The first-order chi connectivity index (χ1) is 8.35. The van der Waals surface area contributed by atoms with Crippen molar-refractivity contribution in [2.45, 2.75) is 33.2 Å². The number of thioether (sulfide) groups is 1. The summed E-state index contributed by atoms with van der Waals surface area (Å²) < 4.78 is 0. The average molecular weight is 273 g/mol. The first-order valence-electron chi connectivity index (χ1n) is 6.20. The highest BCUT2D eigenvalue weighted by Gasteiger charge is 2.35. The molecule has 5 nitrogen and oxygen atoms in total. The van der Waals surface area contributed by atoms with E-state index in [1.165, 1.54) is 0 Å². The lowest BCUT2D eigenvalue weighted by molar-refractivity contribution is -0.139. The topological polar surface area (TPSA) is 75.4 Å². The van der Waals surface area contributed by atoms with E-state index < -0.39 is 0 Å². The monoisotopic (exact) mass is 273 g/mol. The Balaban J connectivity index is 2.59. The number of amides is 2. The van der Waals surface area contributed by atoms with Crippen molar-refractivity contribution in [1.29, 1.82) is 0 Å². The molecule has 1 aliphatic heterocycles. The summed E-state index contributed by atoms with van der Waals surface area (Å²) in [6, 6.07) is -0.337. The number of nitrogens with one attached hydrogen (secondary N) is 1. The Labute approximate surface area is 113 Å². The van der Waals surface area contributed by atoms with Gasteiger partial charge in [-0.3, -0.25) is 9.59 Å². The summed E-state index contributed by atoms with van der Waals surface area (Å²) in [5, 5.41) is 2.75. The van der Waals surface area contributed by atoms with Crippen LogP contribution >= 0.6 is 11.8 Å². The summed E-state index contributed by atoms with van der Waals surface area (Å²) >= 11 is 1.62. The maximum atomic E-state index is 12.2. The van der Waals surface area contributed by atoms with Gasteiger partial charge in [-0.15, -0.1) is 11.8 Å². The van der Waals surface area contributed by atoms with Crippen molar-refractivity contribution in [2.24, 2.45) is 11.1 Å². The zero-order chi connectivity index (χ0) is 13.8. The fourth-order valence-electron chi connectivity index (χ4n) is 1.77. The summed E-state index contributed by atoms with van der Waals surface area (Å²) in [4.78, 5) is 25.8. The van der Waals surface area contributed by atoms with Crippen LogP contribution in [0.25, 0.3) is 0 Å². The fourth-order valence-corrected chi connectivity index (χ4v) is 2.95. The van der Waals surface area contributed by atoms with Crippen LogP contribution in [-0.4, -0.2) is 47.5 Å². The maximum Gasteiger partial charge on any atom is 0.243 e. The zero-order valence-corrected chi connectivity index (χ0v) is 12.2. The Kier molecular flexibility index (Phi) is 5.47. The second kappa shape index (κ2) is 6.43. The van der Waals surface area contributed by atoms with Crippen molar-refractivity contribution in [2.75, 3.05) is 24.7 Å². The highest BCUT2D eigenvalue weighted by Crippen LogP contribution is 2.26. The van der Waals surface area contributed by atoms with Crippen LogP contribution in [0, 0.1) is 5.41 Å². The van der Waals surface area contributed by atoms with Crippen LogP contribution in [0.15, 0.2) is 0 Å². The van der Waals surface area contributed by atoms with Crippen LogP contribution in [0.4, 0.5) is 0 Å². The van der Waals surface area contributed by atoms with Gasteiger partial charge in [-0.05, 0) is 5.41 Å². The molecule has 6 heteroatoms. The number of rotatable bonds is 4. The zero-order valence-electron chi connectivity index (χ0n) is 11.4. The van der Waals surface area contributed by atoms with E-state index in [1.54, 1.807) is 16.7 Å². The number of hydrogen-bond acceptors (Lipinski definition) is 4. The van der Waals surface area contributed by atoms with Crippen molar-refractivity contribution in [3.63, 3.8) is 0 Å². The lowest BCUT2D eigenvalue weighted by Gasteiger charge is -2.26. The SMILES string of the molecule is CC(C)(C)CC(=O)N1CSCC1C(=O)NCCN. The third kappa shape index (κ3) is 4.49. The Morgan fingerprint density at radius 3 is 2.67 bits per heavy atom. The summed E-state index contributed by atoms with van der Waals surface area (Å²) in [6.07, 6.45) is 0.466. The van der Waals surface area contributed by atoms with Gasteiger partial charge >= 0.3 is 0 Å². The van der Waals surface area contributed by atoms with Gasteiger partial charge in [0.15, 0.2) is 0 Å². The molecule has 0 aromatic heterocycles. The highest BCUT2D eigenvalue weighted by molar-refractivity contribution is 7.99. The van der Waals surface area contributed by atoms with E-state index in [1.807, 2.05) is 20.8 Å². The van der Waals surface area contributed by atoms with Crippen molar-refractivity contribution in [3.8, 4) is 0 Å². The molecule has 1 heterocycles. The molecule has 1 saturated heterocycles. The first kappa shape index (κ1) is 15.3. The summed E-state index contributed by atoms with van der Waals surface area (Å²) in [6.45, 7) is 6.95. The third-order valence-electron chi connectivity index (χ3n) is 2.63. The molecule has 1 fully saturated rings. The normalized spacial score (nSPS) is 20.0. The molecular formula is C12H23N3O2S. The molecule has 104 valence electrons. The minimum atomic E-state index is -0.337. The van der Waals surface area contributed by atoms with Crippen LogP contribution in [0.5, 0.6) is 0 Å². The molecule has 1 unspecified atom stereocenters. The lowest BCUT2D eigenvalue weighted by Crippen LogP contribution is -2.48. The smallest absolute Gasteiger partial charge is 0.243 e. The van der Waals surface area contributed by atoms with Crippen LogP contribution in [0.1, 0.15) is 27.2 Å². The number of hydrogen-bond donors (Lipinski definition) is 2. The molecule has 18 heavy (non-hydrogen) atoms. The quantitative estimate of drug-likeness (QED) is 0.777. The molecule has 1 aliphatic rings. The Morgan fingerprint density at radius 2 is 2.11 bits per heavy atom. The Morgan fingerprint density at radius 1 is 1.44 bits per heavy atom. The van der Waals surface area contributed by atoms with E-state index in [2.05, 4.69) is 5.32 Å². The molecule has 3 N–H and O–H groups in total. The number of carbonyl (C=O) groups is 2. The van der Waals surface area contributed by atoms with Crippen LogP contribution in [0.2, 0.25) is 0 Å². The predicted octanol–water partition coefficient (Wildman–Crippen LogP) is 0.399. The number of carbonyl (C=O) groups excluding carboxylic acids is 2. The van der Waals surface area contributed by atoms with Crippen LogP contribution < -0.4 is 11.1 Å². The van der Waals surface area contributed by atoms with Gasteiger partial charge in [-0.2, -0.15) is 0 Å². The first-order valence-corrected chi connectivity index (χ1v) is 7.35. The molecule has 1 atom stereocenters. The maximum absolute atomic E-state index is 12.2. The minimum Gasteiger partial charge on any atom is -0.353 e. The summed E-state index contributed by atoms with van der Waals surface area (Å²) in [7, 11) is 0. The van der Waals surface area contributed by atoms with Gasteiger partial charge in [0.1, 0.15) is 6.04 Å². The molecule has 1 rings (SSSR count). The minimum absolute atomic E-state index is 0.0530. The molecule has 0 aromatic carbocycles. The average Bonchev–Trinajstić information content (AvgIpc) is 2.72. The third-order valence-corrected chi connectivity index (χ3v) is 3.64. The lowest BCUT2D eigenvalue weighted by atomic mass is 9.91. The van der Waals surface area contributed by atoms with E-state index in [9.17, 15) is 9.59 Å². The standard InChI is InChI=1S/C12H23N3O2S/c1-12(2,3)6-10(16)15-8-18-7-9(15)11(17)14-5-4-13/h9H,4-8,13H2,1-3H3,(H,14,17). The van der Waals surface area contributed by atoms with Crippen molar-refractivity contribution in [3.05, 3.63) is 0 Å². The van der Waals surface area contributed by atoms with Crippen molar-refractivity contribution < 1.29 is 9.59 Å². The van der Waals surface area contributed by atoms with Gasteiger partial charge in [-0.1, -0.05) is 20.8 Å². The summed E-state index contributed by atoms with van der Waals surface area (Å²) in [5.74, 6) is 1.25. The van der Waals surface area contributed by atoms with Crippen LogP contribution in [-0.2, 0) is 9.59 Å². The van der Waals surface area contributed by atoms with E-state index in [0.717, 1.165) is 0 Å². The van der Waals surface area contributed by atoms with E-state index in [-0.39, 0.29) is 23.3 Å². The Bertz CT molecular complexity index is 315. The molecule has 2 amide bonds. The molecule has 0 spiro atoms. The van der Waals surface area contributed by atoms with Crippen molar-refractivity contribution in [1.82, 2.24) is 10.2 Å². The van der Waals surface area contributed by atoms with Crippen LogP contribution in [0.3, 0.4) is 0 Å². The molecule has 0 saturated carbocycles. The largest absolute Gasteiger partial charge is 0.353 e. The second-order valence-corrected chi connectivity index (χ2v) is 6.70. The molecule has 0 bridgehead atoms. The van der Waals surface area contributed by atoms with Gasteiger partial charge in [-0.25, -0.2) is 0 Å². The van der Waals surface area contributed by atoms with E-state index in [0.29, 0.717) is 31.1 Å². The van der Waals surface area contributed by atoms with E-state index in [4.69, 9.17) is 5.73 Å². The van der Waals surface area contributed by atoms with Crippen molar-refractivity contribution >= 4 is 23.6 Å². The Hall–Kier alpha value is -0.750. The van der Waals surface area contributed by atoms with Gasteiger partial charge < -0.3 is 16.0 Å². The van der Waals surface area contributed by atoms with Gasteiger partial charge in [0, 0.05) is 25.3 Å². The molecule has 0 aromatic rings. The van der Waals surface area contributed by atoms with E-state index >= 15 is 0 Å². The highest BCUT2D eigenvalue weighted by atomic mass is 32.2. The van der Waals surface area contributed by atoms with Gasteiger partial charge in [0.2, 0.25) is 11.8 Å². The van der Waals surface area contributed by atoms with Gasteiger partial charge in [0.05, 0.1) is 5.88 Å². The molecular weight excluding hydrogens is 250 g/mol. The predicted molar refractivity (Wildman–Crippen MR) is 74.1 cm³/mol. The molecule has 0 aliphatic carbocycles. The summed E-state index contributed by atoms with van der Waals surface area (Å²) in [5.41, 5.74) is 5.30. The fraction of sp³-hybridized carbons (Fsp3) is 0.833. The second-order valence-electron chi connectivity index (χ2n) is 5.70. The molecule has 0 radical (unpaired) electrons. The number of nitrogens with zero attached hydrogens (tertiary/aromatic N) is 1.